The Balaban J connectivity index is 1.20. The molecule has 250 valence electrons. The van der Waals surface area contributed by atoms with Crippen molar-refractivity contribution >= 4 is 38.8 Å². The van der Waals surface area contributed by atoms with Crippen molar-refractivity contribution in [1.82, 2.24) is 14.6 Å². The molecule has 2 aromatic carbocycles. The molecule has 3 fully saturated rings. The Morgan fingerprint density at radius 2 is 1.93 bits per heavy atom. The first-order chi connectivity index (χ1) is 22.0. The van der Waals surface area contributed by atoms with E-state index in [-0.39, 0.29) is 37.0 Å². The number of aromatic nitrogens is 1. The van der Waals surface area contributed by atoms with E-state index in [1.54, 1.807) is 22.5 Å². The molecule has 1 aromatic heterocycles. The molecule has 3 aromatic rings. The SMILES string of the molecule is C=S(=O)(c1ccc2nc(NC(C)C)oc2c1)N(CC(C)C)C[C@@H](O)[C@H](Cc1ccccc1)NC(=O)O[C@H]1C[C@H]2CO[C@H]3OC1C[C@@H]23. The van der Waals surface area contributed by atoms with Gasteiger partial charge < -0.3 is 34.4 Å². The van der Waals surface area contributed by atoms with Gasteiger partial charge in [0.15, 0.2) is 11.9 Å². The molecule has 3 N–H and O–H groups in total. The fourth-order valence-electron chi connectivity index (χ4n) is 6.78. The summed E-state index contributed by atoms with van der Waals surface area (Å²) in [4.78, 5) is 18.3. The minimum Gasteiger partial charge on any atom is -0.443 e. The van der Waals surface area contributed by atoms with Gasteiger partial charge in [0.1, 0.15) is 11.6 Å². The number of carbonyl (C=O) groups is 1. The monoisotopic (exact) mass is 654 g/mol. The standard InChI is InChI=1S/C34H46N4O7S/c1-20(2)17-38(46(5,41)24-11-12-26-29(15-24)44-33(36-26)35-21(3)4)18-28(39)27(13-22-9-7-6-8-10-22)37-34(40)45-30-14-23-19-42-32-25(23)16-31(30)43-32/h6-12,15,20-21,23,25,27-28,30-32,39H,5,13-14,16-19H2,1-4H3,(H,35,36)(H,37,40)/t23-,25-,27-,28+,30-,31?,32-,46?/m0/s1. The van der Waals surface area contributed by atoms with E-state index in [1.807, 2.05) is 58.0 Å². The van der Waals surface area contributed by atoms with E-state index in [0.717, 1.165) is 12.0 Å². The number of carbonyl (C=O) groups excluding carboxylic acids is 1. The average molecular weight is 655 g/mol. The van der Waals surface area contributed by atoms with Crippen LogP contribution < -0.4 is 10.6 Å². The number of nitrogens with zero attached hydrogens (tertiary/aromatic N) is 2. The first-order valence-corrected chi connectivity index (χ1v) is 17.9. The Morgan fingerprint density at radius 3 is 2.67 bits per heavy atom. The summed E-state index contributed by atoms with van der Waals surface area (Å²) in [5.41, 5.74) is 2.07. The van der Waals surface area contributed by atoms with Gasteiger partial charge in [0.2, 0.25) is 0 Å². The van der Waals surface area contributed by atoms with Gasteiger partial charge in [-0.3, -0.25) is 0 Å². The third-order valence-corrected chi connectivity index (χ3v) is 11.2. The highest BCUT2D eigenvalue weighted by atomic mass is 32.2. The highest BCUT2D eigenvalue weighted by Gasteiger charge is 2.54. The third-order valence-electron chi connectivity index (χ3n) is 9.03. The number of aliphatic hydroxyl groups excluding tert-OH is 1. The van der Waals surface area contributed by atoms with Crippen LogP contribution in [0.1, 0.15) is 46.1 Å². The van der Waals surface area contributed by atoms with Crippen LogP contribution >= 0.6 is 0 Å². The molecule has 46 heavy (non-hydrogen) atoms. The first kappa shape index (κ1) is 32.8. The van der Waals surface area contributed by atoms with Crippen LogP contribution in [0.2, 0.25) is 0 Å². The molecule has 6 rings (SSSR count). The van der Waals surface area contributed by atoms with Gasteiger partial charge in [-0.2, -0.15) is 4.98 Å². The number of rotatable bonds is 13. The lowest BCUT2D eigenvalue weighted by Gasteiger charge is -2.34. The zero-order valence-electron chi connectivity index (χ0n) is 27.0. The minimum absolute atomic E-state index is 0.00479. The molecule has 0 spiro atoms. The number of ether oxygens (including phenoxy) is 3. The predicted molar refractivity (Wildman–Crippen MR) is 177 cm³/mol. The smallest absolute Gasteiger partial charge is 0.407 e. The number of alkyl carbamates (subject to hydrolysis) is 1. The molecular formula is C34H46N4O7S. The molecule has 8 atom stereocenters. The molecule has 2 aliphatic heterocycles. The van der Waals surface area contributed by atoms with Gasteiger partial charge in [0.25, 0.3) is 6.01 Å². The van der Waals surface area contributed by atoms with Crippen LogP contribution in [0, 0.1) is 17.8 Å². The van der Waals surface area contributed by atoms with Crippen LogP contribution in [0.5, 0.6) is 0 Å². The number of anilines is 1. The normalized spacial score (nSPS) is 26.4. The molecule has 2 bridgehead atoms. The van der Waals surface area contributed by atoms with E-state index >= 15 is 0 Å². The number of fused-ring (bicyclic) bond motifs is 2. The summed E-state index contributed by atoms with van der Waals surface area (Å²) in [6.07, 6.45) is -0.592. The second-order valence-electron chi connectivity index (χ2n) is 13.6. The van der Waals surface area contributed by atoms with E-state index in [2.05, 4.69) is 21.5 Å². The fraction of sp³-hybridized carbons (Fsp3) is 0.559. The number of oxazole rings is 1. The van der Waals surface area contributed by atoms with Gasteiger partial charge in [0.05, 0.1) is 34.6 Å². The molecule has 3 aliphatic rings. The average Bonchev–Trinajstić information content (AvgIpc) is 3.68. The minimum atomic E-state index is -3.07. The fourth-order valence-corrected chi connectivity index (χ4v) is 8.58. The van der Waals surface area contributed by atoms with Crippen molar-refractivity contribution in [2.45, 2.75) is 88.5 Å². The van der Waals surface area contributed by atoms with Crippen LogP contribution in [0.4, 0.5) is 10.8 Å². The highest BCUT2D eigenvalue weighted by Crippen LogP contribution is 2.47. The van der Waals surface area contributed by atoms with Crippen molar-refractivity contribution in [3.05, 3.63) is 54.1 Å². The molecule has 3 heterocycles. The van der Waals surface area contributed by atoms with Crippen molar-refractivity contribution in [3.63, 3.8) is 0 Å². The van der Waals surface area contributed by atoms with Crippen molar-refractivity contribution in [1.29, 1.82) is 0 Å². The molecule has 12 heteroatoms. The number of hydrogen-bond donors (Lipinski definition) is 3. The Hall–Kier alpha value is -3.16. The van der Waals surface area contributed by atoms with Gasteiger partial charge in [-0.25, -0.2) is 13.3 Å². The van der Waals surface area contributed by atoms with E-state index < -0.39 is 27.9 Å². The summed E-state index contributed by atoms with van der Waals surface area (Å²) in [7, 11) is -3.07. The first-order valence-electron chi connectivity index (χ1n) is 16.2. The van der Waals surface area contributed by atoms with Gasteiger partial charge in [-0.05, 0) is 74.6 Å². The molecule has 2 saturated heterocycles. The van der Waals surface area contributed by atoms with Crippen LogP contribution in [0.15, 0.2) is 57.8 Å². The zero-order valence-corrected chi connectivity index (χ0v) is 27.8. The lowest BCUT2D eigenvalue weighted by molar-refractivity contribution is -0.147. The van der Waals surface area contributed by atoms with Crippen LogP contribution in [0.3, 0.4) is 0 Å². The van der Waals surface area contributed by atoms with E-state index in [0.29, 0.717) is 59.8 Å². The Kier molecular flexibility index (Phi) is 9.63. The van der Waals surface area contributed by atoms with Gasteiger partial charge in [-0.1, -0.05) is 44.2 Å². The number of hydrogen-bond acceptors (Lipinski definition) is 9. The molecule has 11 nitrogen and oxygen atoms in total. The van der Waals surface area contributed by atoms with Crippen LogP contribution in [0.25, 0.3) is 11.1 Å². The van der Waals surface area contributed by atoms with Gasteiger partial charge >= 0.3 is 6.09 Å². The summed E-state index contributed by atoms with van der Waals surface area (Å²) in [6, 6.07) is 14.7. The van der Waals surface area contributed by atoms with Crippen LogP contribution in [-0.2, 0) is 30.3 Å². The topological polar surface area (TPSA) is 135 Å². The maximum atomic E-state index is 14.5. The third kappa shape index (κ3) is 7.21. The number of nitrogens with one attached hydrogen (secondary N) is 2. The second-order valence-corrected chi connectivity index (χ2v) is 15.8. The Morgan fingerprint density at radius 1 is 1.15 bits per heavy atom. The Labute approximate surface area is 271 Å². The largest absolute Gasteiger partial charge is 0.443 e. The van der Waals surface area contributed by atoms with Crippen molar-refractivity contribution in [2.75, 3.05) is 25.0 Å². The molecular weight excluding hydrogens is 608 g/mol. The molecule has 0 radical (unpaired) electrons. The molecule has 1 aliphatic carbocycles. The predicted octanol–water partition coefficient (Wildman–Crippen LogP) is 4.44. The zero-order chi connectivity index (χ0) is 32.6. The summed E-state index contributed by atoms with van der Waals surface area (Å²) in [5, 5.41) is 17.8. The Bertz CT molecular complexity index is 1610. The van der Waals surface area contributed by atoms with E-state index in [4.69, 9.17) is 18.6 Å². The van der Waals surface area contributed by atoms with E-state index in [9.17, 15) is 14.1 Å². The lowest BCUT2D eigenvalue weighted by atomic mass is 9.80. The molecule has 1 amide bonds. The lowest BCUT2D eigenvalue weighted by Crippen LogP contribution is -2.52. The summed E-state index contributed by atoms with van der Waals surface area (Å²) >= 11 is 0. The number of benzene rings is 2. The second kappa shape index (κ2) is 13.5. The number of aliphatic hydroxyl groups is 1. The van der Waals surface area contributed by atoms with Crippen molar-refractivity contribution < 1.29 is 32.7 Å². The molecule has 1 saturated carbocycles. The van der Waals surface area contributed by atoms with Crippen molar-refractivity contribution in [3.8, 4) is 0 Å². The van der Waals surface area contributed by atoms with Crippen molar-refractivity contribution in [2.24, 2.45) is 17.8 Å². The quantitative estimate of drug-likeness (QED) is 0.229. The summed E-state index contributed by atoms with van der Waals surface area (Å²) < 4.78 is 39.7. The van der Waals surface area contributed by atoms with Crippen LogP contribution in [-0.4, -0.2) is 87.0 Å². The number of amides is 1. The highest BCUT2D eigenvalue weighted by molar-refractivity contribution is 7.98. The summed E-state index contributed by atoms with van der Waals surface area (Å²) in [5.74, 6) is 4.97. The van der Waals surface area contributed by atoms with Gasteiger partial charge in [0, 0.05) is 29.9 Å². The summed E-state index contributed by atoms with van der Waals surface area (Å²) in [6.45, 7) is 9.05. The molecule has 2 unspecified atom stereocenters. The maximum absolute atomic E-state index is 14.5. The van der Waals surface area contributed by atoms with Gasteiger partial charge in [-0.15, -0.1) is 0 Å². The van der Waals surface area contributed by atoms with E-state index in [1.165, 1.54) is 0 Å². The maximum Gasteiger partial charge on any atom is 0.407 e.